The molecular formula is C13H20O. The van der Waals surface area contributed by atoms with Crippen molar-refractivity contribution in [3.8, 4) is 0 Å². The predicted octanol–water partition coefficient (Wildman–Crippen LogP) is 3.56. The third kappa shape index (κ3) is 3.51. The molecule has 1 aromatic carbocycles. The van der Waals surface area contributed by atoms with Crippen molar-refractivity contribution in [2.75, 3.05) is 0 Å². The highest BCUT2D eigenvalue weighted by Crippen LogP contribution is 2.10. The monoisotopic (exact) mass is 192 g/mol. The number of aryl methyl sites for hydroxylation is 1. The molecule has 0 bridgehead atoms. The Morgan fingerprint density at radius 3 is 2.14 bits per heavy atom. The van der Waals surface area contributed by atoms with Gasteiger partial charge in [0.1, 0.15) is 0 Å². The smallest absolute Gasteiger partial charge is 0.0720 e. The standard InChI is InChI=1S/C13H20O/c1-10(2)12(4)14-9-13-7-5-11(3)6-8-13/h5-8,10,12H,9H2,1-4H3. The van der Waals surface area contributed by atoms with Crippen LogP contribution in [0.15, 0.2) is 24.3 Å². The van der Waals surface area contributed by atoms with E-state index in [0.29, 0.717) is 12.0 Å². The molecule has 1 unspecified atom stereocenters. The van der Waals surface area contributed by atoms with E-state index < -0.39 is 0 Å². The van der Waals surface area contributed by atoms with E-state index in [1.807, 2.05) is 0 Å². The molecule has 0 spiro atoms. The summed E-state index contributed by atoms with van der Waals surface area (Å²) in [6.45, 7) is 9.31. The molecule has 1 atom stereocenters. The highest BCUT2D eigenvalue weighted by Gasteiger charge is 2.06. The predicted molar refractivity (Wildman–Crippen MR) is 60.3 cm³/mol. The summed E-state index contributed by atoms with van der Waals surface area (Å²) in [6, 6.07) is 8.50. The Morgan fingerprint density at radius 2 is 1.64 bits per heavy atom. The van der Waals surface area contributed by atoms with E-state index in [4.69, 9.17) is 4.74 Å². The average molecular weight is 192 g/mol. The zero-order valence-electron chi connectivity index (χ0n) is 9.58. The number of hydrogen-bond donors (Lipinski definition) is 0. The van der Waals surface area contributed by atoms with Gasteiger partial charge in [-0.25, -0.2) is 0 Å². The van der Waals surface area contributed by atoms with Crippen LogP contribution < -0.4 is 0 Å². The van der Waals surface area contributed by atoms with E-state index in [-0.39, 0.29) is 0 Å². The molecule has 1 rings (SSSR count). The van der Waals surface area contributed by atoms with Gasteiger partial charge in [0.15, 0.2) is 0 Å². The summed E-state index contributed by atoms with van der Waals surface area (Å²) in [5.74, 6) is 0.584. The van der Waals surface area contributed by atoms with Gasteiger partial charge in [-0.05, 0) is 25.3 Å². The average Bonchev–Trinajstić information content (AvgIpc) is 2.16. The summed E-state index contributed by atoms with van der Waals surface area (Å²) >= 11 is 0. The number of rotatable bonds is 4. The minimum absolute atomic E-state index is 0.330. The highest BCUT2D eigenvalue weighted by molar-refractivity contribution is 5.20. The van der Waals surface area contributed by atoms with E-state index in [9.17, 15) is 0 Å². The van der Waals surface area contributed by atoms with Gasteiger partial charge in [-0.2, -0.15) is 0 Å². The van der Waals surface area contributed by atoms with E-state index in [1.165, 1.54) is 11.1 Å². The lowest BCUT2D eigenvalue weighted by atomic mass is 10.1. The summed E-state index contributed by atoms with van der Waals surface area (Å²) in [5, 5.41) is 0. The second-order valence-corrected chi connectivity index (χ2v) is 4.25. The molecule has 1 nitrogen and oxygen atoms in total. The molecule has 0 aromatic heterocycles. The first-order valence-electron chi connectivity index (χ1n) is 5.26. The summed E-state index contributed by atoms with van der Waals surface area (Å²) in [4.78, 5) is 0. The Morgan fingerprint density at radius 1 is 1.07 bits per heavy atom. The third-order valence-electron chi connectivity index (χ3n) is 2.57. The van der Waals surface area contributed by atoms with Crippen LogP contribution in [0.2, 0.25) is 0 Å². The zero-order valence-corrected chi connectivity index (χ0v) is 9.58. The number of benzene rings is 1. The molecule has 0 aliphatic heterocycles. The minimum Gasteiger partial charge on any atom is -0.374 e. The van der Waals surface area contributed by atoms with E-state index in [0.717, 1.165) is 6.61 Å². The lowest BCUT2D eigenvalue weighted by Gasteiger charge is -2.16. The Labute approximate surface area is 87.1 Å². The van der Waals surface area contributed by atoms with E-state index in [1.54, 1.807) is 0 Å². The van der Waals surface area contributed by atoms with Gasteiger partial charge in [0, 0.05) is 0 Å². The van der Waals surface area contributed by atoms with Crippen molar-refractivity contribution >= 4 is 0 Å². The molecule has 1 heteroatoms. The first-order valence-corrected chi connectivity index (χ1v) is 5.26. The minimum atomic E-state index is 0.330. The maximum Gasteiger partial charge on any atom is 0.0720 e. The Hall–Kier alpha value is -0.820. The summed E-state index contributed by atoms with van der Waals surface area (Å²) in [7, 11) is 0. The van der Waals surface area contributed by atoms with Crippen molar-refractivity contribution in [2.24, 2.45) is 5.92 Å². The van der Waals surface area contributed by atoms with Crippen molar-refractivity contribution in [1.29, 1.82) is 0 Å². The summed E-state index contributed by atoms with van der Waals surface area (Å²) in [6.07, 6.45) is 0.330. The molecule has 0 saturated carbocycles. The van der Waals surface area contributed by atoms with Crippen molar-refractivity contribution in [3.05, 3.63) is 35.4 Å². The van der Waals surface area contributed by atoms with Gasteiger partial charge in [0.05, 0.1) is 12.7 Å². The van der Waals surface area contributed by atoms with Gasteiger partial charge in [-0.3, -0.25) is 0 Å². The zero-order chi connectivity index (χ0) is 10.6. The van der Waals surface area contributed by atoms with Crippen LogP contribution in [-0.2, 0) is 11.3 Å². The van der Waals surface area contributed by atoms with Crippen LogP contribution >= 0.6 is 0 Å². The van der Waals surface area contributed by atoms with Crippen LogP contribution in [0.4, 0.5) is 0 Å². The second-order valence-electron chi connectivity index (χ2n) is 4.25. The van der Waals surface area contributed by atoms with Crippen molar-refractivity contribution in [1.82, 2.24) is 0 Å². The maximum atomic E-state index is 5.73. The summed E-state index contributed by atoms with van der Waals surface area (Å²) in [5.41, 5.74) is 2.55. The molecule has 0 heterocycles. The lowest BCUT2D eigenvalue weighted by Crippen LogP contribution is -2.14. The highest BCUT2D eigenvalue weighted by atomic mass is 16.5. The normalized spacial score (nSPS) is 13.2. The van der Waals surface area contributed by atoms with Gasteiger partial charge in [0.2, 0.25) is 0 Å². The van der Waals surface area contributed by atoms with E-state index >= 15 is 0 Å². The van der Waals surface area contributed by atoms with Crippen molar-refractivity contribution in [2.45, 2.75) is 40.4 Å². The van der Waals surface area contributed by atoms with E-state index in [2.05, 4.69) is 52.0 Å². The number of hydrogen-bond acceptors (Lipinski definition) is 1. The third-order valence-corrected chi connectivity index (χ3v) is 2.57. The second kappa shape index (κ2) is 5.16. The van der Waals surface area contributed by atoms with Crippen LogP contribution in [0.1, 0.15) is 31.9 Å². The largest absolute Gasteiger partial charge is 0.374 e. The van der Waals surface area contributed by atoms with Crippen LogP contribution in [0.3, 0.4) is 0 Å². The first-order chi connectivity index (χ1) is 6.59. The van der Waals surface area contributed by atoms with Crippen molar-refractivity contribution in [3.63, 3.8) is 0 Å². The molecule has 0 aliphatic carbocycles. The van der Waals surface area contributed by atoms with Gasteiger partial charge < -0.3 is 4.74 Å². The van der Waals surface area contributed by atoms with Gasteiger partial charge in [-0.1, -0.05) is 43.7 Å². The molecule has 0 N–H and O–H groups in total. The fraction of sp³-hybridized carbons (Fsp3) is 0.538. The van der Waals surface area contributed by atoms with Gasteiger partial charge in [-0.15, -0.1) is 0 Å². The van der Waals surface area contributed by atoms with Gasteiger partial charge >= 0.3 is 0 Å². The molecular weight excluding hydrogens is 172 g/mol. The fourth-order valence-corrected chi connectivity index (χ4v) is 1.10. The summed E-state index contributed by atoms with van der Waals surface area (Å²) < 4.78 is 5.73. The SMILES string of the molecule is Cc1ccc(COC(C)C(C)C)cc1. The van der Waals surface area contributed by atoms with Crippen LogP contribution in [0.5, 0.6) is 0 Å². The Kier molecular flexibility index (Phi) is 4.15. The van der Waals surface area contributed by atoms with Crippen LogP contribution in [0.25, 0.3) is 0 Å². The Balaban J connectivity index is 2.42. The number of ether oxygens (including phenoxy) is 1. The molecule has 0 aliphatic rings. The van der Waals surface area contributed by atoms with Crippen molar-refractivity contribution < 1.29 is 4.74 Å². The van der Waals surface area contributed by atoms with Crippen LogP contribution in [-0.4, -0.2) is 6.10 Å². The quantitative estimate of drug-likeness (QED) is 0.708. The molecule has 14 heavy (non-hydrogen) atoms. The molecule has 0 saturated heterocycles. The molecule has 0 amide bonds. The molecule has 1 aromatic rings. The lowest BCUT2D eigenvalue weighted by molar-refractivity contribution is 0.0235. The topological polar surface area (TPSA) is 9.23 Å². The Bertz CT molecular complexity index is 261. The molecule has 0 fully saturated rings. The maximum absolute atomic E-state index is 5.73. The van der Waals surface area contributed by atoms with Gasteiger partial charge in [0.25, 0.3) is 0 Å². The van der Waals surface area contributed by atoms with Crippen LogP contribution in [0, 0.1) is 12.8 Å². The fourth-order valence-electron chi connectivity index (χ4n) is 1.10. The molecule has 78 valence electrons. The first kappa shape index (κ1) is 11.3. The molecule has 0 radical (unpaired) electrons.